The minimum atomic E-state index is -0.743. The van der Waals surface area contributed by atoms with Crippen LogP contribution < -0.4 is 9.64 Å². The molecule has 0 spiro atoms. The molecule has 0 radical (unpaired) electrons. The van der Waals surface area contributed by atoms with Gasteiger partial charge in [-0.3, -0.25) is 4.79 Å². The van der Waals surface area contributed by atoms with Crippen LogP contribution in [-0.4, -0.2) is 36.5 Å². The van der Waals surface area contributed by atoms with Gasteiger partial charge in [0.1, 0.15) is 12.4 Å². The van der Waals surface area contributed by atoms with Crippen molar-refractivity contribution in [2.45, 2.75) is 24.5 Å². The van der Waals surface area contributed by atoms with Crippen LogP contribution in [0.1, 0.15) is 34.8 Å². The summed E-state index contributed by atoms with van der Waals surface area (Å²) in [4.78, 5) is 13.4. The van der Waals surface area contributed by atoms with Gasteiger partial charge in [-0.15, -0.1) is 11.8 Å². The van der Waals surface area contributed by atoms with Crippen LogP contribution in [0, 0.1) is 0 Å². The zero-order valence-electron chi connectivity index (χ0n) is 18.2. The van der Waals surface area contributed by atoms with Gasteiger partial charge >= 0.3 is 5.97 Å². The summed E-state index contributed by atoms with van der Waals surface area (Å²) in [5.74, 6) is 1.15. The number of aliphatic carboxylic acids is 1. The third-order valence-electron chi connectivity index (χ3n) is 5.70. The second kappa shape index (κ2) is 11.1. The molecular weight excluding hydrogens is 418 g/mol. The van der Waals surface area contributed by atoms with Crippen LogP contribution in [0.5, 0.6) is 5.75 Å². The van der Waals surface area contributed by atoms with Crippen LogP contribution in [0.25, 0.3) is 0 Å². The van der Waals surface area contributed by atoms with Crippen LogP contribution >= 0.6 is 11.8 Å². The fourth-order valence-electron chi connectivity index (χ4n) is 4.20. The molecule has 166 valence electrons. The van der Waals surface area contributed by atoms with Crippen molar-refractivity contribution in [2.24, 2.45) is 0 Å². The topological polar surface area (TPSA) is 49.8 Å². The van der Waals surface area contributed by atoms with Crippen molar-refractivity contribution in [3.8, 4) is 5.75 Å². The molecule has 0 bridgehead atoms. The van der Waals surface area contributed by atoms with Gasteiger partial charge in [0.15, 0.2) is 0 Å². The number of anilines is 1. The summed E-state index contributed by atoms with van der Waals surface area (Å²) in [6, 6.07) is 27.5. The number of carboxylic acids is 1. The molecule has 1 aliphatic rings. The van der Waals surface area contributed by atoms with E-state index in [1.807, 2.05) is 23.9 Å². The van der Waals surface area contributed by atoms with Gasteiger partial charge in [-0.05, 0) is 35.6 Å². The van der Waals surface area contributed by atoms with Crippen molar-refractivity contribution in [3.05, 3.63) is 95.6 Å². The number of hydrogen-bond acceptors (Lipinski definition) is 4. The number of hydrogen-bond donors (Lipinski definition) is 1. The van der Waals surface area contributed by atoms with Gasteiger partial charge in [0.25, 0.3) is 0 Å². The number of aryl methyl sites for hydroxylation is 1. The summed E-state index contributed by atoms with van der Waals surface area (Å²) in [5.41, 5.74) is 4.96. The minimum Gasteiger partial charge on any atom is -0.490 e. The Bertz CT molecular complexity index is 970. The molecule has 0 unspecified atom stereocenters. The lowest BCUT2D eigenvalue weighted by molar-refractivity contribution is -0.137. The van der Waals surface area contributed by atoms with Gasteiger partial charge in [0.05, 0.1) is 17.5 Å². The molecule has 0 amide bonds. The van der Waals surface area contributed by atoms with E-state index in [-0.39, 0.29) is 6.42 Å². The van der Waals surface area contributed by atoms with Gasteiger partial charge in [-0.1, -0.05) is 72.8 Å². The van der Waals surface area contributed by atoms with Crippen molar-refractivity contribution in [2.75, 3.05) is 30.3 Å². The van der Waals surface area contributed by atoms with E-state index in [1.165, 1.54) is 16.7 Å². The van der Waals surface area contributed by atoms with Gasteiger partial charge in [0, 0.05) is 18.7 Å². The first-order valence-electron chi connectivity index (χ1n) is 11.2. The molecule has 0 atom stereocenters. The zero-order valence-corrected chi connectivity index (χ0v) is 19.0. The van der Waals surface area contributed by atoms with E-state index >= 15 is 0 Å². The van der Waals surface area contributed by atoms with Gasteiger partial charge in [-0.2, -0.15) is 0 Å². The summed E-state index contributed by atoms with van der Waals surface area (Å²) < 4.78 is 5.92. The Morgan fingerprint density at radius 2 is 1.66 bits per heavy atom. The van der Waals surface area contributed by atoms with Crippen LogP contribution in [0.3, 0.4) is 0 Å². The predicted molar refractivity (Wildman–Crippen MR) is 132 cm³/mol. The molecule has 1 N–H and O–H groups in total. The summed E-state index contributed by atoms with van der Waals surface area (Å²) >= 11 is 1.96. The molecule has 5 heteroatoms. The van der Waals surface area contributed by atoms with Crippen molar-refractivity contribution in [1.82, 2.24) is 0 Å². The van der Waals surface area contributed by atoms with E-state index in [1.54, 1.807) is 0 Å². The molecule has 0 saturated heterocycles. The zero-order chi connectivity index (χ0) is 22.2. The molecule has 4 nitrogen and oxygen atoms in total. The van der Waals surface area contributed by atoms with E-state index in [2.05, 4.69) is 71.6 Å². The number of rotatable bonds is 10. The summed E-state index contributed by atoms with van der Waals surface area (Å²) in [7, 11) is 0. The highest BCUT2D eigenvalue weighted by Crippen LogP contribution is 2.38. The molecule has 3 aromatic rings. The van der Waals surface area contributed by atoms with Gasteiger partial charge in [0.2, 0.25) is 0 Å². The largest absolute Gasteiger partial charge is 0.490 e. The Balaban J connectivity index is 1.46. The number of thioether (sulfide) groups is 1. The molecule has 3 aromatic carbocycles. The van der Waals surface area contributed by atoms with Crippen molar-refractivity contribution in [3.63, 3.8) is 0 Å². The van der Waals surface area contributed by atoms with Gasteiger partial charge in [-0.25, -0.2) is 0 Å². The normalized spacial score (nSPS) is 13.0. The first-order valence-corrected chi connectivity index (χ1v) is 12.2. The maximum Gasteiger partial charge on any atom is 0.303 e. The fraction of sp³-hybridized carbons (Fsp3) is 0.296. The molecule has 0 fully saturated rings. The summed E-state index contributed by atoms with van der Waals surface area (Å²) in [6.45, 7) is 2.45. The quantitative estimate of drug-likeness (QED) is 0.425. The molecular formula is C27H29NO3S. The molecule has 0 saturated carbocycles. The maximum atomic E-state index is 10.9. The first-order chi connectivity index (χ1) is 15.7. The maximum absolute atomic E-state index is 10.9. The number of ether oxygens (including phenoxy) is 1. The van der Waals surface area contributed by atoms with Crippen molar-refractivity contribution >= 4 is 23.4 Å². The number of para-hydroxylation sites is 1. The molecule has 1 aliphatic heterocycles. The van der Waals surface area contributed by atoms with Crippen molar-refractivity contribution < 1.29 is 14.6 Å². The minimum absolute atomic E-state index is 0.191. The van der Waals surface area contributed by atoms with E-state index < -0.39 is 5.97 Å². The average Bonchev–Trinajstić information content (AvgIpc) is 2.83. The first kappa shape index (κ1) is 22.3. The third kappa shape index (κ3) is 5.65. The molecule has 4 rings (SSSR count). The Morgan fingerprint density at radius 1 is 0.969 bits per heavy atom. The fourth-order valence-corrected chi connectivity index (χ4v) is 5.46. The second-order valence-electron chi connectivity index (χ2n) is 7.92. The Hall–Kier alpha value is -2.92. The number of nitrogens with zero attached hydrogens (tertiary/aromatic N) is 1. The number of carbonyl (C=O) groups is 1. The number of benzene rings is 3. The van der Waals surface area contributed by atoms with Crippen LogP contribution in [0.4, 0.5) is 5.69 Å². The lowest BCUT2D eigenvalue weighted by Crippen LogP contribution is -2.35. The lowest BCUT2D eigenvalue weighted by atomic mass is 10.0. The van der Waals surface area contributed by atoms with Crippen LogP contribution in [-0.2, 0) is 11.2 Å². The lowest BCUT2D eigenvalue weighted by Gasteiger charge is -2.33. The SMILES string of the molecule is O=C(O)CCCc1cccc2c1N(CCSC(c1ccccc1)c1ccccc1)CCO2. The Morgan fingerprint density at radius 3 is 2.31 bits per heavy atom. The monoisotopic (exact) mass is 447 g/mol. The van der Waals surface area contributed by atoms with Gasteiger partial charge < -0.3 is 14.7 Å². The van der Waals surface area contributed by atoms with Crippen LogP contribution in [0.15, 0.2) is 78.9 Å². The molecule has 32 heavy (non-hydrogen) atoms. The molecule has 1 heterocycles. The molecule has 0 aromatic heterocycles. The Kier molecular flexibility index (Phi) is 7.73. The van der Waals surface area contributed by atoms with E-state index in [0.29, 0.717) is 18.3 Å². The summed E-state index contributed by atoms with van der Waals surface area (Å²) in [6.07, 6.45) is 1.58. The van der Waals surface area contributed by atoms with E-state index in [9.17, 15) is 4.79 Å². The standard InChI is InChI=1S/C27H29NO3S/c29-25(30)16-8-14-21-13-7-15-24-26(21)28(17-19-31-24)18-20-32-27(22-9-3-1-4-10-22)23-11-5-2-6-12-23/h1-7,9-13,15,27H,8,14,16-20H2,(H,29,30). The highest BCUT2D eigenvalue weighted by Gasteiger charge is 2.22. The predicted octanol–water partition coefficient (Wildman–Crippen LogP) is 5.82. The van der Waals surface area contributed by atoms with Crippen molar-refractivity contribution in [1.29, 1.82) is 0 Å². The number of carboxylic acid groups (broad SMARTS) is 1. The smallest absolute Gasteiger partial charge is 0.303 e. The summed E-state index contributed by atoms with van der Waals surface area (Å²) in [5, 5.41) is 9.30. The van der Waals surface area contributed by atoms with E-state index in [0.717, 1.165) is 36.7 Å². The molecule has 0 aliphatic carbocycles. The third-order valence-corrected chi connectivity index (χ3v) is 7.00. The number of fused-ring (bicyclic) bond motifs is 1. The highest BCUT2D eigenvalue weighted by molar-refractivity contribution is 7.99. The average molecular weight is 448 g/mol. The van der Waals surface area contributed by atoms with Crippen LogP contribution in [0.2, 0.25) is 0 Å². The second-order valence-corrected chi connectivity index (χ2v) is 9.13. The Labute approximate surface area is 194 Å². The highest BCUT2D eigenvalue weighted by atomic mass is 32.2. The van der Waals surface area contributed by atoms with E-state index in [4.69, 9.17) is 9.84 Å².